The number of aromatic nitrogens is 1. The molecule has 0 atom stereocenters. The lowest BCUT2D eigenvalue weighted by atomic mass is 10.1. The Labute approximate surface area is 215 Å². The Bertz CT molecular complexity index is 1530. The number of nitrogens with one attached hydrogen (secondary N) is 1. The quantitative estimate of drug-likeness (QED) is 0.310. The van der Waals surface area contributed by atoms with Gasteiger partial charge >= 0.3 is 0 Å². The first-order valence-corrected chi connectivity index (χ1v) is 12.2. The fraction of sp³-hybridized carbons (Fsp3) is 0.0741. The number of fused-ring (bicyclic) bond motifs is 1. The molecule has 3 aromatic carbocycles. The molecule has 5 rings (SSSR count). The van der Waals surface area contributed by atoms with Gasteiger partial charge in [-0.05, 0) is 47.7 Å². The van der Waals surface area contributed by atoms with Crippen LogP contribution < -0.4 is 5.32 Å². The van der Waals surface area contributed by atoms with Crippen molar-refractivity contribution in [3.05, 3.63) is 106 Å². The predicted molar refractivity (Wildman–Crippen MR) is 140 cm³/mol. The summed E-state index contributed by atoms with van der Waals surface area (Å²) >= 11 is 6.53. The number of hydrogen-bond acceptors (Lipinski definition) is 4. The minimum absolute atomic E-state index is 0.145. The third-order valence-corrected chi connectivity index (χ3v) is 6.88. The van der Waals surface area contributed by atoms with Crippen molar-refractivity contribution in [3.63, 3.8) is 0 Å². The van der Waals surface area contributed by atoms with Crippen molar-refractivity contribution < 1.29 is 18.8 Å². The van der Waals surface area contributed by atoms with E-state index in [0.29, 0.717) is 6.54 Å². The highest BCUT2D eigenvalue weighted by atomic mass is 35.5. The molecular weight excluding hydrogens is 501 g/mol. The zero-order valence-electron chi connectivity index (χ0n) is 18.8. The molecule has 1 fully saturated rings. The molecule has 3 amide bonds. The SMILES string of the molecule is O=C(CN1C(=O)S/C(=C\c2cn(Cc3ccccc3)c3ccccc23)C1=O)Nc1ccc(F)c(Cl)c1. The van der Waals surface area contributed by atoms with Gasteiger partial charge in [0, 0.05) is 34.9 Å². The van der Waals surface area contributed by atoms with Crippen LogP contribution in [0.15, 0.2) is 83.9 Å². The van der Waals surface area contributed by atoms with Crippen LogP contribution in [0.2, 0.25) is 5.02 Å². The number of imide groups is 1. The monoisotopic (exact) mass is 519 g/mol. The van der Waals surface area contributed by atoms with Crippen molar-refractivity contribution in [3.8, 4) is 0 Å². The Morgan fingerprint density at radius 3 is 2.56 bits per heavy atom. The van der Waals surface area contributed by atoms with E-state index in [1.54, 1.807) is 6.08 Å². The molecule has 0 unspecified atom stereocenters. The Morgan fingerprint density at radius 2 is 1.78 bits per heavy atom. The van der Waals surface area contributed by atoms with Crippen molar-refractivity contribution in [2.45, 2.75) is 6.54 Å². The van der Waals surface area contributed by atoms with Crippen molar-refractivity contribution >= 4 is 63.1 Å². The molecule has 2 heterocycles. The molecular formula is C27H19ClFN3O3S. The van der Waals surface area contributed by atoms with Crippen LogP contribution in [0.3, 0.4) is 0 Å². The summed E-state index contributed by atoms with van der Waals surface area (Å²) in [7, 11) is 0. The molecule has 1 saturated heterocycles. The number of carbonyl (C=O) groups is 3. The summed E-state index contributed by atoms with van der Waals surface area (Å²) in [6.45, 7) is 0.191. The first-order chi connectivity index (χ1) is 17.4. The van der Waals surface area contributed by atoms with Gasteiger partial charge in [-0.15, -0.1) is 0 Å². The van der Waals surface area contributed by atoms with Gasteiger partial charge in [0.2, 0.25) is 5.91 Å². The maximum atomic E-state index is 13.3. The highest BCUT2D eigenvalue weighted by Crippen LogP contribution is 2.34. The summed E-state index contributed by atoms with van der Waals surface area (Å²) in [5, 5.41) is 2.79. The van der Waals surface area contributed by atoms with Gasteiger partial charge in [-0.2, -0.15) is 0 Å². The van der Waals surface area contributed by atoms with Gasteiger partial charge < -0.3 is 9.88 Å². The van der Waals surface area contributed by atoms with Crippen molar-refractivity contribution in [2.75, 3.05) is 11.9 Å². The summed E-state index contributed by atoms with van der Waals surface area (Å²) in [5.74, 6) is -1.76. The zero-order valence-corrected chi connectivity index (χ0v) is 20.4. The Hall–Kier alpha value is -3.88. The number of halogens is 2. The van der Waals surface area contributed by atoms with Crippen molar-refractivity contribution in [1.82, 2.24) is 9.47 Å². The molecule has 0 saturated carbocycles. The molecule has 1 N–H and O–H groups in total. The Balaban J connectivity index is 1.36. The van der Waals surface area contributed by atoms with Gasteiger partial charge in [0.15, 0.2) is 0 Å². The smallest absolute Gasteiger partial charge is 0.294 e. The van der Waals surface area contributed by atoms with Gasteiger partial charge in [0.25, 0.3) is 11.1 Å². The molecule has 1 aromatic heterocycles. The topological polar surface area (TPSA) is 71.4 Å². The lowest BCUT2D eigenvalue weighted by Crippen LogP contribution is -2.36. The van der Waals surface area contributed by atoms with Crippen LogP contribution in [0.1, 0.15) is 11.1 Å². The van der Waals surface area contributed by atoms with Gasteiger partial charge in [-0.3, -0.25) is 19.3 Å². The standard InChI is InChI=1S/C27H19ClFN3O3S/c28-21-13-19(10-11-22(21)29)30-25(33)16-32-26(34)24(36-27(32)35)12-18-15-31(14-17-6-2-1-3-7-17)23-9-5-4-8-20(18)23/h1-13,15H,14,16H2,(H,30,33)/b24-12-. The summed E-state index contributed by atoms with van der Waals surface area (Å²) in [5.41, 5.74) is 3.21. The largest absolute Gasteiger partial charge is 0.342 e. The van der Waals surface area contributed by atoms with E-state index in [1.807, 2.05) is 60.8 Å². The number of rotatable bonds is 6. The minimum atomic E-state index is -0.615. The van der Waals surface area contributed by atoms with E-state index in [4.69, 9.17) is 11.6 Å². The Kier molecular flexibility index (Phi) is 6.63. The molecule has 1 aliphatic heterocycles. The number of para-hydroxylation sites is 1. The maximum absolute atomic E-state index is 13.3. The van der Waals surface area contributed by atoms with Crippen molar-refractivity contribution in [2.24, 2.45) is 0 Å². The second-order valence-electron chi connectivity index (χ2n) is 8.16. The molecule has 0 spiro atoms. The van der Waals surface area contributed by atoms with Gasteiger partial charge in [-0.25, -0.2) is 4.39 Å². The minimum Gasteiger partial charge on any atom is -0.342 e. The first-order valence-electron chi connectivity index (χ1n) is 11.0. The number of thioether (sulfide) groups is 1. The third kappa shape index (κ3) is 4.91. The zero-order chi connectivity index (χ0) is 25.2. The van der Waals surface area contributed by atoms with Crippen LogP contribution in [-0.4, -0.2) is 33.1 Å². The molecule has 36 heavy (non-hydrogen) atoms. The molecule has 6 nitrogen and oxygen atoms in total. The van der Waals surface area contributed by atoms with E-state index in [9.17, 15) is 18.8 Å². The Morgan fingerprint density at radius 1 is 1.03 bits per heavy atom. The van der Waals surface area contributed by atoms with E-state index >= 15 is 0 Å². The van der Waals surface area contributed by atoms with E-state index in [-0.39, 0.29) is 15.6 Å². The first kappa shape index (κ1) is 23.8. The van der Waals surface area contributed by atoms with Crippen LogP contribution in [0, 0.1) is 5.82 Å². The molecule has 1 aliphatic rings. The van der Waals surface area contributed by atoms with E-state index in [2.05, 4.69) is 9.88 Å². The van der Waals surface area contributed by atoms with Crippen LogP contribution in [0.25, 0.3) is 17.0 Å². The number of hydrogen-bond donors (Lipinski definition) is 1. The fourth-order valence-electron chi connectivity index (χ4n) is 4.00. The van der Waals surface area contributed by atoms with Crippen LogP contribution >= 0.6 is 23.4 Å². The number of amides is 3. The van der Waals surface area contributed by atoms with Crippen LogP contribution in [0.5, 0.6) is 0 Å². The maximum Gasteiger partial charge on any atom is 0.294 e. The molecule has 0 bridgehead atoms. The molecule has 0 aliphatic carbocycles. The predicted octanol–water partition coefficient (Wildman–Crippen LogP) is 6.16. The number of carbonyl (C=O) groups excluding carboxylic acids is 3. The lowest BCUT2D eigenvalue weighted by Gasteiger charge is -2.12. The molecule has 9 heteroatoms. The highest BCUT2D eigenvalue weighted by molar-refractivity contribution is 8.18. The van der Waals surface area contributed by atoms with Gasteiger partial charge in [-0.1, -0.05) is 60.1 Å². The number of benzene rings is 3. The average molecular weight is 520 g/mol. The second-order valence-corrected chi connectivity index (χ2v) is 9.56. The summed E-state index contributed by atoms with van der Waals surface area (Å²) in [4.78, 5) is 39.1. The molecule has 0 radical (unpaired) electrons. The van der Waals surface area contributed by atoms with Crippen LogP contribution in [-0.2, 0) is 16.1 Å². The van der Waals surface area contributed by atoms with Gasteiger partial charge in [0.05, 0.1) is 9.93 Å². The average Bonchev–Trinajstić information content (AvgIpc) is 3.34. The molecule has 180 valence electrons. The van der Waals surface area contributed by atoms with E-state index in [1.165, 1.54) is 12.1 Å². The summed E-state index contributed by atoms with van der Waals surface area (Å²) in [6, 6.07) is 21.6. The molecule has 4 aromatic rings. The number of anilines is 1. The van der Waals surface area contributed by atoms with Crippen molar-refractivity contribution in [1.29, 1.82) is 0 Å². The van der Waals surface area contributed by atoms with E-state index in [0.717, 1.165) is 44.8 Å². The normalized spacial score (nSPS) is 14.7. The van der Waals surface area contributed by atoms with E-state index < -0.39 is 29.4 Å². The summed E-state index contributed by atoms with van der Waals surface area (Å²) < 4.78 is 15.4. The van der Waals surface area contributed by atoms with Crippen LogP contribution in [0.4, 0.5) is 14.9 Å². The third-order valence-electron chi connectivity index (χ3n) is 5.68. The number of nitrogens with zero attached hydrogens (tertiary/aromatic N) is 2. The fourth-order valence-corrected chi connectivity index (χ4v) is 5.01. The second kappa shape index (κ2) is 10.0. The lowest BCUT2D eigenvalue weighted by molar-refractivity contribution is -0.127. The van der Waals surface area contributed by atoms with Gasteiger partial charge in [0.1, 0.15) is 12.4 Å². The summed E-state index contributed by atoms with van der Waals surface area (Å²) in [6.07, 6.45) is 3.64. The highest BCUT2D eigenvalue weighted by Gasteiger charge is 2.36.